The fraction of sp³-hybridized carbons (Fsp3) is 0.783. The number of carbonyl (C=O) groups excluding carboxylic acids is 3. The predicted octanol–water partition coefficient (Wildman–Crippen LogP) is 18.8. The number of ether oxygens (including phenoxy) is 3. The van der Waals surface area contributed by atoms with Gasteiger partial charge in [0, 0.05) is 19.3 Å². The number of unbranched alkanes of at least 4 members (excludes halogenated alkanes) is 30. The van der Waals surface area contributed by atoms with Crippen LogP contribution in [-0.4, -0.2) is 37.2 Å². The average Bonchev–Trinajstić information content (AvgIpc) is 3.31. The Bertz CT molecular complexity index is 1200. The van der Waals surface area contributed by atoms with Crippen LogP contribution in [0.4, 0.5) is 0 Å². The summed E-state index contributed by atoms with van der Waals surface area (Å²) >= 11 is 0. The molecule has 6 nitrogen and oxygen atoms in total. The molecule has 6 heteroatoms. The summed E-state index contributed by atoms with van der Waals surface area (Å²) in [6, 6.07) is 0. The number of hydrogen-bond acceptors (Lipinski definition) is 6. The van der Waals surface area contributed by atoms with E-state index in [2.05, 4.69) is 75.5 Å². The fourth-order valence-electron chi connectivity index (χ4n) is 8.01. The van der Waals surface area contributed by atoms with Crippen LogP contribution in [0.1, 0.15) is 284 Å². The molecule has 0 saturated heterocycles. The Kier molecular flexibility index (Phi) is 52.3. The van der Waals surface area contributed by atoms with Gasteiger partial charge in [0.25, 0.3) is 0 Å². The van der Waals surface area contributed by atoms with E-state index < -0.39 is 6.10 Å². The average molecular weight is 924 g/mol. The summed E-state index contributed by atoms with van der Waals surface area (Å²) in [5.74, 6) is -0.967. The second-order valence-corrected chi connectivity index (χ2v) is 18.9. The van der Waals surface area contributed by atoms with Crippen molar-refractivity contribution >= 4 is 17.9 Å². The van der Waals surface area contributed by atoms with E-state index in [-0.39, 0.29) is 37.5 Å². The van der Waals surface area contributed by atoms with E-state index in [1.165, 1.54) is 173 Å². The second kappa shape index (κ2) is 54.7. The summed E-state index contributed by atoms with van der Waals surface area (Å²) in [6.45, 7) is 6.57. The molecule has 1 atom stereocenters. The van der Waals surface area contributed by atoms with Gasteiger partial charge in [-0.05, 0) is 57.8 Å². The number of hydrogen-bond donors (Lipinski definition) is 0. The zero-order valence-corrected chi connectivity index (χ0v) is 43.7. The van der Waals surface area contributed by atoms with Gasteiger partial charge >= 0.3 is 17.9 Å². The van der Waals surface area contributed by atoms with E-state index in [1.807, 2.05) is 6.08 Å². The van der Waals surface area contributed by atoms with E-state index in [4.69, 9.17) is 14.2 Å². The summed E-state index contributed by atoms with van der Waals surface area (Å²) in [5.41, 5.74) is 0. The molecule has 0 unspecified atom stereocenters. The summed E-state index contributed by atoms with van der Waals surface area (Å²) < 4.78 is 16.8. The molecule has 0 aliphatic carbocycles. The third kappa shape index (κ3) is 52.1. The molecule has 0 radical (unpaired) electrons. The molecule has 0 saturated carbocycles. The molecule has 66 heavy (non-hydrogen) atoms. The molecule has 0 fully saturated rings. The number of allylic oxidation sites excluding steroid dienone is 10. The molecule has 0 aromatic rings. The van der Waals surface area contributed by atoms with E-state index in [0.717, 1.165) is 64.2 Å². The zero-order chi connectivity index (χ0) is 47.9. The Morgan fingerprint density at radius 3 is 0.939 bits per heavy atom. The first kappa shape index (κ1) is 63.1. The minimum atomic E-state index is -0.800. The first-order chi connectivity index (χ1) is 32.5. The summed E-state index contributed by atoms with van der Waals surface area (Å²) in [6.07, 6.45) is 67.9. The largest absolute Gasteiger partial charge is 0.462 e. The van der Waals surface area contributed by atoms with Crippen LogP contribution in [0.15, 0.2) is 60.8 Å². The van der Waals surface area contributed by atoms with Gasteiger partial charge in [-0.1, -0.05) is 268 Å². The third-order valence-corrected chi connectivity index (χ3v) is 12.3. The zero-order valence-electron chi connectivity index (χ0n) is 43.7. The first-order valence-corrected chi connectivity index (χ1v) is 28.3. The van der Waals surface area contributed by atoms with Gasteiger partial charge in [-0.15, -0.1) is 0 Å². The molecule has 0 N–H and O–H groups in total. The predicted molar refractivity (Wildman–Crippen MR) is 284 cm³/mol. The van der Waals surface area contributed by atoms with Gasteiger partial charge in [-0.25, -0.2) is 0 Å². The first-order valence-electron chi connectivity index (χ1n) is 28.3. The van der Waals surface area contributed by atoms with Crippen molar-refractivity contribution in [2.75, 3.05) is 13.2 Å². The molecule has 0 heterocycles. The molecular formula is C60H106O6. The maximum Gasteiger partial charge on any atom is 0.306 e. The van der Waals surface area contributed by atoms with E-state index >= 15 is 0 Å². The van der Waals surface area contributed by atoms with Gasteiger partial charge in [-0.3, -0.25) is 14.4 Å². The molecule has 0 aromatic heterocycles. The summed E-state index contributed by atoms with van der Waals surface area (Å²) in [7, 11) is 0. The quantitative estimate of drug-likeness (QED) is 0.0262. The van der Waals surface area contributed by atoms with Gasteiger partial charge in [0.15, 0.2) is 6.10 Å². The van der Waals surface area contributed by atoms with Crippen molar-refractivity contribution in [3.05, 3.63) is 60.8 Å². The second-order valence-electron chi connectivity index (χ2n) is 18.9. The normalized spacial score (nSPS) is 12.5. The van der Waals surface area contributed by atoms with Crippen molar-refractivity contribution in [3.8, 4) is 0 Å². The van der Waals surface area contributed by atoms with Crippen LogP contribution in [0.2, 0.25) is 0 Å². The Labute approximate surface area is 409 Å². The van der Waals surface area contributed by atoms with Crippen molar-refractivity contribution < 1.29 is 28.6 Å². The molecule has 382 valence electrons. The molecule has 0 spiro atoms. The Morgan fingerprint density at radius 1 is 0.303 bits per heavy atom. The molecule has 0 bridgehead atoms. The molecule has 0 aliphatic heterocycles. The van der Waals surface area contributed by atoms with Gasteiger partial charge < -0.3 is 14.2 Å². The molecule has 0 aromatic carbocycles. The van der Waals surface area contributed by atoms with Crippen molar-refractivity contribution in [1.82, 2.24) is 0 Å². The van der Waals surface area contributed by atoms with Gasteiger partial charge in [0.05, 0.1) is 0 Å². The topological polar surface area (TPSA) is 78.9 Å². The third-order valence-electron chi connectivity index (χ3n) is 12.3. The van der Waals surface area contributed by atoms with Crippen molar-refractivity contribution in [2.45, 2.75) is 290 Å². The maximum atomic E-state index is 12.8. The van der Waals surface area contributed by atoms with Crippen molar-refractivity contribution in [3.63, 3.8) is 0 Å². The standard InChI is InChI=1S/C60H106O6/c1-4-7-10-13-16-19-22-25-27-29-30-32-33-35-38-41-44-47-50-53-59(62)65-56-57(55-64-58(61)52-49-46-43-40-37-24-21-18-15-12-9-6-3)66-60(63)54-51-48-45-42-39-36-34-31-28-26-23-20-17-14-11-8-5-2/h16,19,25,27,30,32,35,38,44,47,57H,4-15,17-18,20-24,26,28-29,31,33-34,36-37,39-43,45-46,48-56H2,1-3H3/b19-16-,27-25-,32-30-,38-35-,47-44-/t57-/m0/s1. The van der Waals surface area contributed by atoms with Crippen molar-refractivity contribution in [1.29, 1.82) is 0 Å². The Hall–Kier alpha value is -2.89. The lowest BCUT2D eigenvalue weighted by Crippen LogP contribution is -2.30. The van der Waals surface area contributed by atoms with E-state index in [0.29, 0.717) is 19.3 Å². The summed E-state index contributed by atoms with van der Waals surface area (Å²) in [5, 5.41) is 0. The van der Waals surface area contributed by atoms with Crippen LogP contribution in [-0.2, 0) is 28.6 Å². The maximum absolute atomic E-state index is 12.8. The highest BCUT2D eigenvalue weighted by molar-refractivity contribution is 5.71. The van der Waals surface area contributed by atoms with E-state index in [9.17, 15) is 14.4 Å². The monoisotopic (exact) mass is 923 g/mol. The highest BCUT2D eigenvalue weighted by Crippen LogP contribution is 2.16. The Balaban J connectivity index is 4.44. The lowest BCUT2D eigenvalue weighted by atomic mass is 10.0. The lowest BCUT2D eigenvalue weighted by Gasteiger charge is -2.18. The number of esters is 3. The lowest BCUT2D eigenvalue weighted by molar-refractivity contribution is -0.166. The number of rotatable bonds is 51. The van der Waals surface area contributed by atoms with Gasteiger partial charge in [0.1, 0.15) is 13.2 Å². The number of carbonyl (C=O) groups is 3. The highest BCUT2D eigenvalue weighted by Gasteiger charge is 2.19. The van der Waals surface area contributed by atoms with Crippen molar-refractivity contribution in [2.24, 2.45) is 0 Å². The van der Waals surface area contributed by atoms with Gasteiger partial charge in [-0.2, -0.15) is 0 Å². The minimum Gasteiger partial charge on any atom is -0.462 e. The fourth-order valence-corrected chi connectivity index (χ4v) is 8.01. The van der Waals surface area contributed by atoms with Crippen LogP contribution in [0.5, 0.6) is 0 Å². The van der Waals surface area contributed by atoms with Crippen LogP contribution >= 0.6 is 0 Å². The van der Waals surface area contributed by atoms with Crippen LogP contribution in [0.25, 0.3) is 0 Å². The van der Waals surface area contributed by atoms with Gasteiger partial charge in [0.2, 0.25) is 0 Å². The smallest absolute Gasteiger partial charge is 0.306 e. The highest BCUT2D eigenvalue weighted by atomic mass is 16.6. The minimum absolute atomic E-state index is 0.0931. The molecule has 0 amide bonds. The molecular weight excluding hydrogens is 817 g/mol. The summed E-state index contributed by atoms with van der Waals surface area (Å²) in [4.78, 5) is 38.0. The van der Waals surface area contributed by atoms with Crippen LogP contribution < -0.4 is 0 Å². The van der Waals surface area contributed by atoms with E-state index in [1.54, 1.807) is 0 Å². The molecule has 0 aliphatic rings. The SMILES string of the molecule is CCCCC/C=C\C/C=C\C/C=C\C/C=C\C/C=C\CCC(=O)OC[C@H](COC(=O)CCCCCCCCCCCCCC)OC(=O)CCCCCCCCCCCCCCCCCCC. The van der Waals surface area contributed by atoms with Crippen LogP contribution in [0, 0.1) is 0 Å². The van der Waals surface area contributed by atoms with Crippen LogP contribution in [0.3, 0.4) is 0 Å². The molecule has 0 rings (SSSR count). The Morgan fingerprint density at radius 2 is 0.576 bits per heavy atom.